The van der Waals surface area contributed by atoms with Crippen LogP contribution in [0.2, 0.25) is 0 Å². The van der Waals surface area contributed by atoms with Crippen LogP contribution in [0.25, 0.3) is 0 Å². The molecule has 1 aromatic carbocycles. The molecule has 0 bridgehead atoms. The third kappa shape index (κ3) is 2.62. The van der Waals surface area contributed by atoms with E-state index >= 15 is 0 Å². The maximum absolute atomic E-state index is 12.8. The minimum atomic E-state index is -0.879. The van der Waals surface area contributed by atoms with Gasteiger partial charge in [-0.2, -0.15) is 0 Å². The zero-order valence-electron chi connectivity index (χ0n) is 8.71. The molecule has 0 saturated carbocycles. The van der Waals surface area contributed by atoms with Gasteiger partial charge in [0.15, 0.2) is 0 Å². The van der Waals surface area contributed by atoms with Crippen molar-refractivity contribution in [2.75, 3.05) is 14.2 Å². The highest BCUT2D eigenvalue weighted by molar-refractivity contribution is 5.40. The summed E-state index contributed by atoms with van der Waals surface area (Å²) in [4.78, 5) is 0. The average Bonchev–Trinajstić information content (AvgIpc) is 2.16. The Hall–Kier alpha value is -1.25. The van der Waals surface area contributed by atoms with E-state index in [1.807, 2.05) is 0 Å². The molecule has 0 amide bonds. The van der Waals surface area contributed by atoms with E-state index in [4.69, 9.17) is 9.47 Å². The van der Waals surface area contributed by atoms with Crippen LogP contribution in [0.1, 0.15) is 12.5 Å². The second-order valence-electron chi connectivity index (χ2n) is 3.16. The number of alkyl halides is 1. The summed E-state index contributed by atoms with van der Waals surface area (Å²) in [5.41, 5.74) is 0.835. The van der Waals surface area contributed by atoms with Gasteiger partial charge in [0.1, 0.15) is 17.7 Å². The molecule has 0 aromatic heterocycles. The summed E-state index contributed by atoms with van der Waals surface area (Å²) in [6, 6.07) is 5.39. The largest absolute Gasteiger partial charge is 0.497 e. The van der Waals surface area contributed by atoms with Crippen LogP contribution >= 0.6 is 0 Å². The molecule has 78 valence electrons. The van der Waals surface area contributed by atoms with Crippen molar-refractivity contribution >= 4 is 0 Å². The molecule has 0 aliphatic heterocycles. The Kier molecular flexibility index (Phi) is 3.74. The molecule has 2 nitrogen and oxygen atoms in total. The molecule has 0 radical (unpaired) electrons. The highest BCUT2D eigenvalue weighted by Crippen LogP contribution is 2.25. The zero-order chi connectivity index (χ0) is 10.6. The third-order valence-corrected chi connectivity index (χ3v) is 1.99. The third-order valence-electron chi connectivity index (χ3n) is 1.99. The lowest BCUT2D eigenvalue weighted by Gasteiger charge is -2.10. The Morgan fingerprint density at radius 2 is 2.00 bits per heavy atom. The van der Waals surface area contributed by atoms with E-state index in [1.165, 1.54) is 6.92 Å². The molecule has 14 heavy (non-hydrogen) atoms. The maximum atomic E-state index is 12.8. The summed E-state index contributed by atoms with van der Waals surface area (Å²) in [5.74, 6) is 1.43. The first-order valence-corrected chi connectivity index (χ1v) is 4.52. The fourth-order valence-corrected chi connectivity index (χ4v) is 1.34. The van der Waals surface area contributed by atoms with Gasteiger partial charge in [0, 0.05) is 12.0 Å². The van der Waals surface area contributed by atoms with E-state index in [9.17, 15) is 4.39 Å². The Morgan fingerprint density at radius 3 is 2.50 bits per heavy atom. The molecule has 0 aliphatic carbocycles. The number of hydrogen-bond acceptors (Lipinski definition) is 2. The first-order valence-electron chi connectivity index (χ1n) is 4.52. The van der Waals surface area contributed by atoms with Gasteiger partial charge in [-0.15, -0.1) is 0 Å². The van der Waals surface area contributed by atoms with E-state index in [2.05, 4.69) is 0 Å². The van der Waals surface area contributed by atoms with Gasteiger partial charge in [-0.05, 0) is 25.1 Å². The Morgan fingerprint density at radius 1 is 1.29 bits per heavy atom. The smallest absolute Gasteiger partial charge is 0.122 e. The fourth-order valence-electron chi connectivity index (χ4n) is 1.34. The molecule has 0 aliphatic rings. The van der Waals surface area contributed by atoms with Crippen molar-refractivity contribution < 1.29 is 13.9 Å². The number of benzene rings is 1. The number of halogens is 1. The number of methoxy groups -OCH3 is 2. The van der Waals surface area contributed by atoms with E-state index in [1.54, 1.807) is 32.4 Å². The summed E-state index contributed by atoms with van der Waals surface area (Å²) in [5, 5.41) is 0. The topological polar surface area (TPSA) is 18.5 Å². The van der Waals surface area contributed by atoms with Crippen molar-refractivity contribution in [2.24, 2.45) is 0 Å². The van der Waals surface area contributed by atoms with E-state index < -0.39 is 6.17 Å². The van der Waals surface area contributed by atoms with Crippen LogP contribution in [0.5, 0.6) is 11.5 Å². The Bertz CT molecular complexity index is 297. The van der Waals surface area contributed by atoms with Gasteiger partial charge >= 0.3 is 0 Å². The van der Waals surface area contributed by atoms with Crippen LogP contribution in [-0.4, -0.2) is 20.4 Å². The van der Waals surface area contributed by atoms with Gasteiger partial charge in [-0.25, -0.2) is 4.39 Å². The number of ether oxygens (including phenoxy) is 2. The first-order chi connectivity index (χ1) is 6.67. The molecule has 1 unspecified atom stereocenters. The van der Waals surface area contributed by atoms with Crippen molar-refractivity contribution in [3.05, 3.63) is 23.8 Å². The van der Waals surface area contributed by atoms with Crippen molar-refractivity contribution in [2.45, 2.75) is 19.5 Å². The van der Waals surface area contributed by atoms with Gasteiger partial charge in [0.05, 0.1) is 14.2 Å². The van der Waals surface area contributed by atoms with Crippen molar-refractivity contribution in [1.82, 2.24) is 0 Å². The van der Waals surface area contributed by atoms with Crippen LogP contribution < -0.4 is 9.47 Å². The second kappa shape index (κ2) is 4.84. The molecule has 3 heteroatoms. The molecule has 1 rings (SSSR count). The summed E-state index contributed by atoms with van der Waals surface area (Å²) < 4.78 is 23.0. The van der Waals surface area contributed by atoms with E-state index in [-0.39, 0.29) is 0 Å². The van der Waals surface area contributed by atoms with Crippen LogP contribution in [0, 0.1) is 0 Å². The lowest BCUT2D eigenvalue weighted by atomic mass is 10.1. The van der Waals surface area contributed by atoms with Gasteiger partial charge in [-0.1, -0.05) is 0 Å². The molecule has 1 atom stereocenters. The van der Waals surface area contributed by atoms with Crippen LogP contribution in [-0.2, 0) is 6.42 Å². The van der Waals surface area contributed by atoms with Crippen LogP contribution in [0.15, 0.2) is 18.2 Å². The predicted octanol–water partition coefficient (Wildman–Crippen LogP) is 2.60. The van der Waals surface area contributed by atoms with Crippen LogP contribution in [0.3, 0.4) is 0 Å². The number of hydrogen-bond donors (Lipinski definition) is 0. The molecule has 0 spiro atoms. The molecular formula is C11H15FO2. The maximum Gasteiger partial charge on any atom is 0.122 e. The Balaban J connectivity index is 2.96. The normalized spacial score (nSPS) is 12.3. The lowest BCUT2D eigenvalue weighted by Crippen LogP contribution is -2.01. The van der Waals surface area contributed by atoms with Gasteiger partial charge in [0.25, 0.3) is 0 Å². The molecular weight excluding hydrogens is 183 g/mol. The van der Waals surface area contributed by atoms with Gasteiger partial charge < -0.3 is 9.47 Å². The Labute approximate surface area is 83.6 Å². The average molecular weight is 198 g/mol. The monoisotopic (exact) mass is 198 g/mol. The second-order valence-corrected chi connectivity index (χ2v) is 3.16. The van der Waals surface area contributed by atoms with Crippen molar-refractivity contribution in [3.63, 3.8) is 0 Å². The molecule has 0 fully saturated rings. The first kappa shape index (κ1) is 10.8. The highest BCUT2D eigenvalue weighted by atomic mass is 19.1. The van der Waals surface area contributed by atoms with Crippen molar-refractivity contribution in [3.8, 4) is 11.5 Å². The molecule has 0 saturated heterocycles. The summed E-state index contributed by atoms with van der Waals surface area (Å²) in [6.07, 6.45) is -0.531. The zero-order valence-corrected chi connectivity index (χ0v) is 8.71. The van der Waals surface area contributed by atoms with Gasteiger partial charge in [0.2, 0.25) is 0 Å². The predicted molar refractivity (Wildman–Crippen MR) is 53.8 cm³/mol. The minimum absolute atomic E-state index is 0.348. The molecule has 0 N–H and O–H groups in total. The van der Waals surface area contributed by atoms with Crippen LogP contribution in [0.4, 0.5) is 4.39 Å². The SMILES string of the molecule is COc1ccc(OC)c(CC(C)F)c1. The number of rotatable bonds is 4. The molecule has 0 heterocycles. The summed E-state index contributed by atoms with van der Waals surface area (Å²) in [6.45, 7) is 1.53. The lowest BCUT2D eigenvalue weighted by molar-refractivity contribution is 0.348. The summed E-state index contributed by atoms with van der Waals surface area (Å²) >= 11 is 0. The summed E-state index contributed by atoms with van der Waals surface area (Å²) in [7, 11) is 3.17. The van der Waals surface area contributed by atoms with E-state index in [0.717, 1.165) is 11.3 Å². The fraction of sp³-hybridized carbons (Fsp3) is 0.455. The van der Waals surface area contributed by atoms with E-state index in [0.29, 0.717) is 12.2 Å². The van der Waals surface area contributed by atoms with Crippen molar-refractivity contribution in [1.29, 1.82) is 0 Å². The van der Waals surface area contributed by atoms with Gasteiger partial charge in [-0.3, -0.25) is 0 Å². The minimum Gasteiger partial charge on any atom is -0.497 e. The quantitative estimate of drug-likeness (QED) is 0.740. The highest BCUT2D eigenvalue weighted by Gasteiger charge is 2.08. The standard InChI is InChI=1S/C11H15FO2/c1-8(12)6-9-7-10(13-2)4-5-11(9)14-3/h4-5,7-8H,6H2,1-3H3. The molecule has 1 aromatic rings.